The number of carbonyl (C=O) groups is 2. The fourth-order valence-electron chi connectivity index (χ4n) is 3.03. The van der Waals surface area contributed by atoms with Crippen LogP contribution in [0.4, 0.5) is 5.69 Å². The zero-order valence-electron chi connectivity index (χ0n) is 15.8. The monoisotopic (exact) mass is 428 g/mol. The fraction of sp³-hybridized carbons (Fsp3) is 0.238. The Morgan fingerprint density at radius 1 is 1.07 bits per heavy atom. The first kappa shape index (κ1) is 21.1. The first-order chi connectivity index (χ1) is 14.0. The van der Waals surface area contributed by atoms with E-state index in [1.165, 1.54) is 19.1 Å². The van der Waals surface area contributed by atoms with Gasteiger partial charge in [-0.25, -0.2) is 0 Å². The molecule has 0 aliphatic carbocycles. The molecule has 1 N–H and O–H groups in total. The molecule has 1 atom stereocenters. The Kier molecular flexibility index (Phi) is 7.11. The summed E-state index contributed by atoms with van der Waals surface area (Å²) in [5.74, 6) is 1.47. The van der Waals surface area contributed by atoms with Gasteiger partial charge in [0.2, 0.25) is 5.91 Å². The minimum Gasteiger partial charge on any atom is -0.345 e. The molecule has 1 unspecified atom stereocenters. The fourth-order valence-corrected chi connectivity index (χ4v) is 5.74. The Balaban J connectivity index is 1.94. The van der Waals surface area contributed by atoms with Gasteiger partial charge in [0, 0.05) is 33.4 Å². The van der Waals surface area contributed by atoms with E-state index in [4.69, 9.17) is 0 Å². The number of non-ortho nitro benzene ring substituents is 1. The quantitative estimate of drug-likeness (QED) is 0.402. The summed E-state index contributed by atoms with van der Waals surface area (Å²) in [4.78, 5) is 35.8. The van der Waals surface area contributed by atoms with Crippen molar-refractivity contribution in [2.75, 3.05) is 11.5 Å². The van der Waals surface area contributed by atoms with E-state index in [1.54, 1.807) is 35.7 Å². The average Bonchev–Trinajstić information content (AvgIpc) is 3.22. The molecule has 3 rings (SSSR count). The lowest BCUT2D eigenvalue weighted by atomic mass is 9.96. The van der Waals surface area contributed by atoms with E-state index in [-0.39, 0.29) is 23.8 Å². The Hall–Kier alpha value is -2.58. The molecule has 0 bridgehead atoms. The number of nitrogens with one attached hydrogen (secondary N) is 1. The molecule has 0 aromatic heterocycles. The zero-order chi connectivity index (χ0) is 20.8. The summed E-state index contributed by atoms with van der Waals surface area (Å²) in [6.07, 6.45) is 0.186. The van der Waals surface area contributed by atoms with E-state index >= 15 is 0 Å². The molecule has 1 saturated heterocycles. The number of amides is 1. The molecule has 1 fully saturated rings. The lowest BCUT2D eigenvalue weighted by molar-refractivity contribution is -0.384. The Morgan fingerprint density at radius 3 is 2.24 bits per heavy atom. The molecule has 0 radical (unpaired) electrons. The van der Waals surface area contributed by atoms with Crippen molar-refractivity contribution < 1.29 is 14.5 Å². The molecule has 2 aromatic rings. The number of hydrogen-bond donors (Lipinski definition) is 1. The van der Waals surface area contributed by atoms with Crippen molar-refractivity contribution in [2.24, 2.45) is 0 Å². The number of nitro benzene ring substituents is 1. The van der Waals surface area contributed by atoms with Crippen LogP contribution in [0.1, 0.15) is 24.1 Å². The molecular formula is C21H20N2O4S2. The summed E-state index contributed by atoms with van der Waals surface area (Å²) in [5.41, 5.74) is 2.01. The highest BCUT2D eigenvalue weighted by Gasteiger charge is 2.28. The van der Waals surface area contributed by atoms with Gasteiger partial charge >= 0.3 is 0 Å². The lowest BCUT2D eigenvalue weighted by Crippen LogP contribution is -2.33. The van der Waals surface area contributed by atoms with Gasteiger partial charge in [0.05, 0.1) is 17.4 Å². The van der Waals surface area contributed by atoms with E-state index in [9.17, 15) is 19.7 Å². The molecular weight excluding hydrogens is 408 g/mol. The van der Waals surface area contributed by atoms with Crippen molar-refractivity contribution in [2.45, 2.75) is 19.4 Å². The molecule has 2 aromatic carbocycles. The number of ketones is 1. The maximum atomic E-state index is 12.7. The van der Waals surface area contributed by atoms with Crippen LogP contribution in [0, 0.1) is 10.1 Å². The highest BCUT2D eigenvalue weighted by atomic mass is 32.2. The molecule has 0 saturated carbocycles. The molecule has 8 heteroatoms. The average molecular weight is 429 g/mol. The van der Waals surface area contributed by atoms with Crippen molar-refractivity contribution in [1.29, 1.82) is 0 Å². The largest absolute Gasteiger partial charge is 0.345 e. The smallest absolute Gasteiger partial charge is 0.269 e. The summed E-state index contributed by atoms with van der Waals surface area (Å²) < 4.78 is 0.904. The Bertz CT molecular complexity index is 935. The number of rotatable bonds is 7. The molecule has 1 heterocycles. The van der Waals surface area contributed by atoms with E-state index in [0.717, 1.165) is 21.3 Å². The molecule has 1 amide bonds. The number of nitrogens with zero attached hydrogens (tertiary/aromatic N) is 1. The van der Waals surface area contributed by atoms with Crippen molar-refractivity contribution in [1.82, 2.24) is 5.32 Å². The van der Waals surface area contributed by atoms with Gasteiger partial charge in [-0.2, -0.15) is 0 Å². The summed E-state index contributed by atoms with van der Waals surface area (Å²) in [6.45, 7) is 1.49. The first-order valence-corrected chi connectivity index (χ1v) is 11.0. The van der Waals surface area contributed by atoms with Gasteiger partial charge in [-0.1, -0.05) is 30.3 Å². The molecule has 1 aliphatic heterocycles. The second-order valence-electron chi connectivity index (χ2n) is 6.47. The minimum absolute atomic E-state index is 0.0373. The SMILES string of the molecule is CC(=O)C(=C1SCCS1)C(NC(=O)Cc1ccccc1)c1ccc([N+](=O)[O-])cc1. The van der Waals surface area contributed by atoms with Crippen LogP contribution in [0.3, 0.4) is 0 Å². The summed E-state index contributed by atoms with van der Waals surface area (Å²) in [6, 6.07) is 14.7. The first-order valence-electron chi connectivity index (χ1n) is 9.04. The van der Waals surface area contributed by atoms with E-state index in [1.807, 2.05) is 30.3 Å². The van der Waals surface area contributed by atoms with Gasteiger partial charge in [0.25, 0.3) is 5.69 Å². The van der Waals surface area contributed by atoms with Crippen LogP contribution in [0.2, 0.25) is 0 Å². The van der Waals surface area contributed by atoms with Crippen LogP contribution in [0.15, 0.2) is 64.4 Å². The number of nitro groups is 1. The van der Waals surface area contributed by atoms with Gasteiger partial charge < -0.3 is 5.32 Å². The molecule has 6 nitrogen and oxygen atoms in total. The molecule has 1 aliphatic rings. The number of benzene rings is 2. The van der Waals surface area contributed by atoms with Crippen LogP contribution in [-0.2, 0) is 16.0 Å². The third kappa shape index (κ3) is 5.48. The maximum absolute atomic E-state index is 12.7. The van der Waals surface area contributed by atoms with Crippen molar-refractivity contribution in [3.63, 3.8) is 0 Å². The lowest BCUT2D eigenvalue weighted by Gasteiger charge is -2.22. The van der Waals surface area contributed by atoms with Crippen molar-refractivity contribution in [3.8, 4) is 0 Å². The number of hydrogen-bond acceptors (Lipinski definition) is 6. The third-order valence-electron chi connectivity index (χ3n) is 4.39. The number of Topliss-reactive ketones (excluding diaryl/α,β-unsaturated/α-hetero) is 1. The minimum atomic E-state index is -0.655. The number of carbonyl (C=O) groups excluding carboxylic acids is 2. The Labute approximate surface area is 177 Å². The number of thioether (sulfide) groups is 2. The van der Waals surface area contributed by atoms with Crippen molar-refractivity contribution in [3.05, 3.63) is 85.6 Å². The van der Waals surface area contributed by atoms with Crippen LogP contribution >= 0.6 is 23.5 Å². The predicted octanol–water partition coefficient (Wildman–Crippen LogP) is 4.28. The van der Waals surface area contributed by atoms with Crippen LogP contribution in [-0.4, -0.2) is 28.1 Å². The van der Waals surface area contributed by atoms with E-state index < -0.39 is 11.0 Å². The van der Waals surface area contributed by atoms with Crippen LogP contribution < -0.4 is 5.32 Å². The topological polar surface area (TPSA) is 89.3 Å². The molecule has 150 valence electrons. The van der Waals surface area contributed by atoms with E-state index in [2.05, 4.69) is 5.32 Å². The second-order valence-corrected chi connectivity index (χ2v) is 8.93. The standard InChI is InChI=1S/C21H20N2O4S2/c1-14(24)19(21-28-11-12-29-21)20(16-7-9-17(10-8-16)23(26)27)22-18(25)13-15-5-3-2-4-6-15/h2-10,20H,11-13H2,1H3,(H,22,25). The van der Waals surface area contributed by atoms with Gasteiger partial charge in [-0.15, -0.1) is 23.5 Å². The zero-order valence-corrected chi connectivity index (χ0v) is 17.4. The van der Waals surface area contributed by atoms with Gasteiger partial charge in [-0.05, 0) is 30.2 Å². The molecule has 0 spiro atoms. The van der Waals surface area contributed by atoms with Gasteiger partial charge in [-0.3, -0.25) is 19.7 Å². The van der Waals surface area contributed by atoms with Crippen LogP contribution in [0.25, 0.3) is 0 Å². The van der Waals surface area contributed by atoms with Crippen LogP contribution in [0.5, 0.6) is 0 Å². The third-order valence-corrected chi connectivity index (χ3v) is 7.13. The summed E-state index contributed by atoms with van der Waals surface area (Å²) >= 11 is 3.21. The maximum Gasteiger partial charge on any atom is 0.269 e. The highest BCUT2D eigenvalue weighted by Crippen LogP contribution is 2.42. The van der Waals surface area contributed by atoms with E-state index in [0.29, 0.717) is 11.1 Å². The second kappa shape index (κ2) is 9.76. The highest BCUT2D eigenvalue weighted by molar-refractivity contribution is 8.25. The summed E-state index contributed by atoms with van der Waals surface area (Å²) in [5, 5.41) is 14.0. The molecule has 29 heavy (non-hydrogen) atoms. The normalized spacial score (nSPS) is 14.3. The van der Waals surface area contributed by atoms with Crippen molar-refractivity contribution >= 4 is 40.9 Å². The summed E-state index contributed by atoms with van der Waals surface area (Å²) in [7, 11) is 0. The Morgan fingerprint density at radius 2 is 1.69 bits per heavy atom. The van der Waals surface area contributed by atoms with Gasteiger partial charge in [0.1, 0.15) is 0 Å². The van der Waals surface area contributed by atoms with Gasteiger partial charge in [0.15, 0.2) is 5.78 Å². The predicted molar refractivity (Wildman–Crippen MR) is 117 cm³/mol.